The summed E-state index contributed by atoms with van der Waals surface area (Å²) in [6.45, 7) is 5.74. The van der Waals surface area contributed by atoms with Gasteiger partial charge in [-0.2, -0.15) is 0 Å². The van der Waals surface area contributed by atoms with Crippen molar-refractivity contribution in [2.75, 3.05) is 0 Å². The average Bonchev–Trinajstić information content (AvgIpc) is 2.62. The molecule has 0 aromatic heterocycles. The van der Waals surface area contributed by atoms with Crippen molar-refractivity contribution in [2.24, 2.45) is 0 Å². The Balaban J connectivity index is 3.82. The Morgan fingerprint density at radius 2 is 1.04 bits per heavy atom. The van der Waals surface area contributed by atoms with Crippen molar-refractivity contribution >= 4 is 11.9 Å². The van der Waals surface area contributed by atoms with Crippen molar-refractivity contribution in [1.29, 1.82) is 0 Å². The minimum Gasteiger partial charge on any atom is -0.422 e. The largest absolute Gasteiger partial charge is 0.422 e. The molecule has 0 spiro atoms. The van der Waals surface area contributed by atoms with Crippen molar-refractivity contribution in [2.45, 2.75) is 111 Å². The van der Waals surface area contributed by atoms with Crippen LogP contribution in [0.25, 0.3) is 0 Å². The van der Waals surface area contributed by atoms with Crippen LogP contribution < -0.4 is 0 Å². The molecule has 0 aliphatic rings. The van der Waals surface area contributed by atoms with Gasteiger partial charge in [0.1, 0.15) is 0 Å². The van der Waals surface area contributed by atoms with E-state index in [0.717, 1.165) is 12.8 Å². The highest BCUT2D eigenvalue weighted by atomic mass is 16.7. The lowest BCUT2D eigenvalue weighted by Crippen LogP contribution is -2.23. The summed E-state index contributed by atoms with van der Waals surface area (Å²) < 4.78 is 10.4. The SMILES string of the molecule is C/C=C/C(=O)OC(CCCCCCCCCCCCCC)OC(=O)/C=C/C. The fourth-order valence-corrected chi connectivity index (χ4v) is 2.90. The maximum Gasteiger partial charge on any atom is 0.333 e. The van der Waals surface area contributed by atoms with Crippen LogP contribution in [-0.2, 0) is 19.1 Å². The molecule has 0 aromatic carbocycles. The summed E-state index contributed by atoms with van der Waals surface area (Å²) in [5.41, 5.74) is 0. The molecule has 0 aliphatic heterocycles. The van der Waals surface area contributed by atoms with E-state index in [1.54, 1.807) is 26.0 Å². The van der Waals surface area contributed by atoms with E-state index in [-0.39, 0.29) is 0 Å². The molecule has 0 aromatic rings. The Bertz CT molecular complexity index is 400. The number of hydrogen-bond donors (Lipinski definition) is 0. The predicted octanol–water partition coefficient (Wildman–Crippen LogP) is 6.64. The minimum atomic E-state index is -0.805. The van der Waals surface area contributed by atoms with E-state index in [2.05, 4.69) is 6.92 Å². The zero-order valence-electron chi connectivity index (χ0n) is 17.7. The van der Waals surface area contributed by atoms with Gasteiger partial charge in [0.25, 0.3) is 0 Å². The molecule has 0 bridgehead atoms. The summed E-state index contributed by atoms with van der Waals surface area (Å²) in [6, 6.07) is 0. The second-order valence-corrected chi connectivity index (χ2v) is 6.98. The van der Waals surface area contributed by atoms with Gasteiger partial charge in [0, 0.05) is 18.6 Å². The van der Waals surface area contributed by atoms with Crippen LogP contribution in [0, 0.1) is 0 Å². The fourth-order valence-electron chi connectivity index (χ4n) is 2.90. The lowest BCUT2D eigenvalue weighted by atomic mass is 10.0. The quantitative estimate of drug-likeness (QED) is 0.123. The Hall–Kier alpha value is -1.58. The topological polar surface area (TPSA) is 52.6 Å². The van der Waals surface area contributed by atoms with Gasteiger partial charge < -0.3 is 9.47 Å². The molecule has 0 N–H and O–H groups in total. The first-order chi connectivity index (χ1) is 13.1. The Labute approximate surface area is 166 Å². The molecule has 0 heterocycles. The molecule has 0 saturated carbocycles. The third-order valence-corrected chi connectivity index (χ3v) is 4.39. The summed E-state index contributed by atoms with van der Waals surface area (Å²) in [4.78, 5) is 23.2. The number of allylic oxidation sites excluding steroid dienone is 2. The van der Waals surface area contributed by atoms with Crippen molar-refractivity contribution in [3.8, 4) is 0 Å². The second-order valence-electron chi connectivity index (χ2n) is 6.98. The van der Waals surface area contributed by atoms with Gasteiger partial charge in [-0.1, -0.05) is 89.7 Å². The standard InChI is InChI=1S/C23H40O4/c1-4-7-8-9-10-11-12-13-14-15-16-17-20-23(26-21(24)18-5-2)27-22(25)19-6-3/h5-6,18-19,23H,4,7-17,20H2,1-3H3/b18-5+,19-6+. The van der Waals surface area contributed by atoms with Crippen LogP contribution in [-0.4, -0.2) is 18.2 Å². The van der Waals surface area contributed by atoms with Crippen LogP contribution in [0.2, 0.25) is 0 Å². The highest BCUT2D eigenvalue weighted by molar-refractivity contribution is 5.83. The maximum absolute atomic E-state index is 11.6. The third-order valence-electron chi connectivity index (χ3n) is 4.39. The zero-order valence-corrected chi connectivity index (χ0v) is 17.7. The van der Waals surface area contributed by atoms with E-state index < -0.39 is 18.2 Å². The summed E-state index contributed by atoms with van der Waals surface area (Å²) in [5, 5.41) is 0. The molecule has 0 aliphatic carbocycles. The van der Waals surface area contributed by atoms with Crippen LogP contribution in [0.3, 0.4) is 0 Å². The molecular weight excluding hydrogens is 340 g/mol. The first-order valence-corrected chi connectivity index (χ1v) is 10.8. The van der Waals surface area contributed by atoms with Crippen molar-refractivity contribution in [3.63, 3.8) is 0 Å². The number of ether oxygens (including phenoxy) is 2. The molecule has 0 rings (SSSR count). The van der Waals surface area contributed by atoms with Crippen LogP contribution in [0.15, 0.2) is 24.3 Å². The van der Waals surface area contributed by atoms with Gasteiger partial charge in [0.2, 0.25) is 6.29 Å². The highest BCUT2D eigenvalue weighted by Gasteiger charge is 2.16. The lowest BCUT2D eigenvalue weighted by molar-refractivity contribution is -0.182. The normalized spacial score (nSPS) is 11.6. The van der Waals surface area contributed by atoms with Gasteiger partial charge in [-0.05, 0) is 20.3 Å². The van der Waals surface area contributed by atoms with Crippen molar-refractivity contribution in [3.05, 3.63) is 24.3 Å². The molecule has 156 valence electrons. The van der Waals surface area contributed by atoms with E-state index in [1.807, 2.05) is 0 Å². The minimum absolute atomic E-state index is 0.477. The van der Waals surface area contributed by atoms with E-state index in [0.29, 0.717) is 6.42 Å². The van der Waals surface area contributed by atoms with Gasteiger partial charge in [-0.3, -0.25) is 0 Å². The van der Waals surface area contributed by atoms with Crippen LogP contribution in [0.1, 0.15) is 104 Å². The average molecular weight is 381 g/mol. The van der Waals surface area contributed by atoms with Gasteiger partial charge in [-0.15, -0.1) is 0 Å². The van der Waals surface area contributed by atoms with Crippen molar-refractivity contribution in [1.82, 2.24) is 0 Å². The van der Waals surface area contributed by atoms with Crippen LogP contribution in [0.5, 0.6) is 0 Å². The predicted molar refractivity (Wildman–Crippen MR) is 111 cm³/mol. The van der Waals surface area contributed by atoms with E-state index in [9.17, 15) is 9.59 Å². The Morgan fingerprint density at radius 1 is 0.667 bits per heavy atom. The number of rotatable bonds is 17. The van der Waals surface area contributed by atoms with Crippen LogP contribution >= 0.6 is 0 Å². The molecule has 0 radical (unpaired) electrons. The highest BCUT2D eigenvalue weighted by Crippen LogP contribution is 2.14. The third kappa shape index (κ3) is 17.6. The number of hydrogen-bond acceptors (Lipinski definition) is 4. The smallest absolute Gasteiger partial charge is 0.333 e. The summed E-state index contributed by atoms with van der Waals surface area (Å²) in [7, 11) is 0. The lowest BCUT2D eigenvalue weighted by Gasteiger charge is -2.16. The number of carbonyl (C=O) groups is 2. The fraction of sp³-hybridized carbons (Fsp3) is 0.739. The van der Waals surface area contributed by atoms with Gasteiger partial charge >= 0.3 is 11.9 Å². The summed E-state index contributed by atoms with van der Waals surface area (Å²) in [5.74, 6) is -0.954. The molecule has 4 nitrogen and oxygen atoms in total. The van der Waals surface area contributed by atoms with Gasteiger partial charge in [-0.25, -0.2) is 9.59 Å². The Morgan fingerprint density at radius 3 is 1.41 bits per heavy atom. The molecule has 27 heavy (non-hydrogen) atoms. The molecule has 4 heteroatoms. The van der Waals surface area contributed by atoms with Gasteiger partial charge in [0.05, 0.1) is 0 Å². The number of unbranched alkanes of at least 4 members (excludes halogenated alkanes) is 11. The number of esters is 2. The first-order valence-electron chi connectivity index (χ1n) is 10.8. The first kappa shape index (κ1) is 25.4. The molecular formula is C23H40O4. The van der Waals surface area contributed by atoms with E-state index in [1.165, 1.54) is 76.4 Å². The van der Waals surface area contributed by atoms with Crippen LogP contribution in [0.4, 0.5) is 0 Å². The maximum atomic E-state index is 11.6. The summed E-state index contributed by atoms with van der Waals surface area (Å²) >= 11 is 0. The van der Waals surface area contributed by atoms with E-state index >= 15 is 0 Å². The molecule has 0 fully saturated rings. The second kappa shape index (κ2) is 19.2. The molecule has 0 amide bonds. The van der Waals surface area contributed by atoms with E-state index in [4.69, 9.17) is 9.47 Å². The Kier molecular flexibility index (Phi) is 18.1. The zero-order chi connectivity index (χ0) is 20.2. The summed E-state index contributed by atoms with van der Waals surface area (Å²) in [6.07, 6.45) is 20.8. The molecule has 0 saturated heterocycles. The molecule has 0 atom stereocenters. The van der Waals surface area contributed by atoms with Gasteiger partial charge in [0.15, 0.2) is 0 Å². The number of carbonyl (C=O) groups excluding carboxylic acids is 2. The monoisotopic (exact) mass is 380 g/mol. The van der Waals surface area contributed by atoms with Crippen molar-refractivity contribution < 1.29 is 19.1 Å². The molecule has 0 unspecified atom stereocenters.